The Kier molecular flexibility index (Phi) is 52.9. The minimum Gasteiger partial charge on any atom is -0.462 e. The monoisotopic (exact) mass is 945 g/mol. The molecule has 0 aromatic carbocycles. The first-order valence-electron chi connectivity index (χ1n) is 28.2. The standard InChI is InChI=1S/C62H104O6/c1-4-7-10-13-16-19-22-25-28-30-31-33-34-37-40-43-46-49-52-55-61(64)67-58-59(57-66-60(63)54-51-48-45-42-39-36-27-24-21-18-15-12-9-6-3)68-62(65)56-53-50-47-44-41-38-35-32-29-26-23-20-17-14-11-8-5-2/h8,11,16-17,19-20,24-29,35,38,44,47,59H,4-7,9-10,12-15,18,21-23,30-34,36-37,39-43,45-46,48-58H2,1-3H3/b11-8-,19-16-,20-17-,27-24-,28-25-,29-26-,38-35-,47-44-/t59-/m1/s1. The third-order valence-electron chi connectivity index (χ3n) is 11.8. The Labute approximate surface area is 419 Å². The van der Waals surface area contributed by atoms with Crippen LogP contribution >= 0.6 is 0 Å². The Morgan fingerprint density at radius 1 is 0.309 bits per heavy atom. The highest BCUT2D eigenvalue weighted by Gasteiger charge is 2.19. The fourth-order valence-corrected chi connectivity index (χ4v) is 7.56. The van der Waals surface area contributed by atoms with Gasteiger partial charge in [-0.05, 0) is 116 Å². The van der Waals surface area contributed by atoms with Gasteiger partial charge in [0, 0.05) is 19.3 Å². The molecule has 0 aliphatic carbocycles. The molecular weight excluding hydrogens is 841 g/mol. The Balaban J connectivity index is 4.48. The van der Waals surface area contributed by atoms with Crippen molar-refractivity contribution in [3.05, 3.63) is 97.2 Å². The average molecular weight is 946 g/mol. The molecule has 0 saturated carbocycles. The van der Waals surface area contributed by atoms with Crippen molar-refractivity contribution in [1.29, 1.82) is 0 Å². The molecule has 68 heavy (non-hydrogen) atoms. The van der Waals surface area contributed by atoms with Crippen LogP contribution in [0.3, 0.4) is 0 Å². The number of carbonyl (C=O) groups excluding carboxylic acids is 3. The van der Waals surface area contributed by atoms with Gasteiger partial charge in [-0.15, -0.1) is 0 Å². The SMILES string of the molecule is CC/C=C\C/C=C\C/C=C\C/C=C\C/C=C\CCCC(=O)O[C@H](COC(=O)CCCCCCC/C=C\CCCCCCC)COC(=O)CCCCCCCCCCC/C=C\C/C=C\CCCCC. The molecule has 0 N–H and O–H groups in total. The molecule has 0 bridgehead atoms. The molecule has 1 atom stereocenters. The van der Waals surface area contributed by atoms with Crippen molar-refractivity contribution in [2.24, 2.45) is 0 Å². The van der Waals surface area contributed by atoms with Crippen molar-refractivity contribution in [3.8, 4) is 0 Å². The summed E-state index contributed by atoms with van der Waals surface area (Å²) >= 11 is 0. The van der Waals surface area contributed by atoms with Gasteiger partial charge in [-0.3, -0.25) is 14.4 Å². The lowest BCUT2D eigenvalue weighted by Crippen LogP contribution is -2.30. The van der Waals surface area contributed by atoms with Crippen LogP contribution in [0.15, 0.2) is 97.2 Å². The second kappa shape index (κ2) is 55.9. The van der Waals surface area contributed by atoms with Crippen LogP contribution in [-0.4, -0.2) is 37.2 Å². The highest BCUT2D eigenvalue weighted by Crippen LogP contribution is 2.14. The van der Waals surface area contributed by atoms with Gasteiger partial charge >= 0.3 is 17.9 Å². The predicted octanol–water partition coefficient (Wildman–Crippen LogP) is 18.9. The molecule has 0 rings (SSSR count). The molecule has 0 aromatic heterocycles. The van der Waals surface area contributed by atoms with E-state index in [4.69, 9.17) is 14.2 Å². The summed E-state index contributed by atoms with van der Waals surface area (Å²) in [4.78, 5) is 38.1. The second-order valence-corrected chi connectivity index (χ2v) is 18.5. The topological polar surface area (TPSA) is 78.9 Å². The summed E-state index contributed by atoms with van der Waals surface area (Å²) in [6.45, 7) is 6.44. The number of allylic oxidation sites excluding steroid dienone is 16. The summed E-state index contributed by atoms with van der Waals surface area (Å²) in [6, 6.07) is 0. The maximum Gasteiger partial charge on any atom is 0.306 e. The highest BCUT2D eigenvalue weighted by molar-refractivity contribution is 5.71. The lowest BCUT2D eigenvalue weighted by Gasteiger charge is -2.18. The van der Waals surface area contributed by atoms with Gasteiger partial charge in [-0.2, -0.15) is 0 Å². The van der Waals surface area contributed by atoms with Gasteiger partial charge in [0.2, 0.25) is 0 Å². The molecule has 0 aromatic rings. The molecule has 0 unspecified atom stereocenters. The van der Waals surface area contributed by atoms with Crippen LogP contribution < -0.4 is 0 Å². The van der Waals surface area contributed by atoms with E-state index < -0.39 is 6.10 Å². The summed E-state index contributed by atoms with van der Waals surface area (Å²) in [7, 11) is 0. The van der Waals surface area contributed by atoms with E-state index in [0.717, 1.165) is 96.3 Å². The van der Waals surface area contributed by atoms with E-state index in [2.05, 4.69) is 118 Å². The fourth-order valence-electron chi connectivity index (χ4n) is 7.56. The third-order valence-corrected chi connectivity index (χ3v) is 11.8. The lowest BCUT2D eigenvalue weighted by molar-refractivity contribution is -0.167. The number of carbonyl (C=O) groups is 3. The van der Waals surface area contributed by atoms with Crippen molar-refractivity contribution in [1.82, 2.24) is 0 Å². The molecule has 0 aliphatic heterocycles. The van der Waals surface area contributed by atoms with Gasteiger partial charge in [-0.25, -0.2) is 0 Å². The van der Waals surface area contributed by atoms with Gasteiger partial charge in [-0.1, -0.05) is 221 Å². The maximum atomic E-state index is 12.8. The lowest BCUT2D eigenvalue weighted by atomic mass is 10.1. The molecule has 0 heterocycles. The molecule has 0 aliphatic rings. The Morgan fingerprint density at radius 2 is 0.588 bits per heavy atom. The molecule has 6 heteroatoms. The molecule has 0 radical (unpaired) electrons. The molecule has 0 amide bonds. The first-order valence-corrected chi connectivity index (χ1v) is 28.2. The molecule has 0 fully saturated rings. The van der Waals surface area contributed by atoms with Crippen LogP contribution in [0.4, 0.5) is 0 Å². The van der Waals surface area contributed by atoms with Gasteiger partial charge in [0.05, 0.1) is 0 Å². The van der Waals surface area contributed by atoms with Crippen molar-refractivity contribution >= 4 is 17.9 Å². The van der Waals surface area contributed by atoms with Crippen molar-refractivity contribution in [2.45, 2.75) is 264 Å². The number of esters is 3. The van der Waals surface area contributed by atoms with Crippen molar-refractivity contribution < 1.29 is 28.6 Å². The van der Waals surface area contributed by atoms with E-state index in [9.17, 15) is 14.4 Å². The van der Waals surface area contributed by atoms with Crippen LogP contribution in [0.5, 0.6) is 0 Å². The average Bonchev–Trinajstić information content (AvgIpc) is 3.34. The maximum absolute atomic E-state index is 12.8. The quantitative estimate of drug-likeness (QED) is 0.0262. The normalized spacial score (nSPS) is 12.8. The smallest absolute Gasteiger partial charge is 0.306 e. The van der Waals surface area contributed by atoms with Crippen LogP contribution in [0.25, 0.3) is 0 Å². The summed E-state index contributed by atoms with van der Waals surface area (Å²) in [5.74, 6) is -0.975. The number of unbranched alkanes of at least 4 members (excludes halogenated alkanes) is 23. The highest BCUT2D eigenvalue weighted by atomic mass is 16.6. The zero-order valence-electron chi connectivity index (χ0n) is 44.3. The van der Waals surface area contributed by atoms with E-state index in [1.807, 2.05) is 0 Å². The largest absolute Gasteiger partial charge is 0.462 e. The Morgan fingerprint density at radius 3 is 0.985 bits per heavy atom. The Bertz CT molecular complexity index is 1360. The fraction of sp³-hybridized carbons (Fsp3) is 0.694. The van der Waals surface area contributed by atoms with Crippen molar-refractivity contribution in [3.63, 3.8) is 0 Å². The van der Waals surface area contributed by atoms with Gasteiger partial charge in [0.25, 0.3) is 0 Å². The van der Waals surface area contributed by atoms with E-state index >= 15 is 0 Å². The first kappa shape index (κ1) is 64.3. The number of hydrogen-bond acceptors (Lipinski definition) is 6. The molecule has 0 saturated heterocycles. The minimum absolute atomic E-state index is 0.105. The third kappa shape index (κ3) is 53.3. The second-order valence-electron chi connectivity index (χ2n) is 18.5. The number of hydrogen-bond donors (Lipinski definition) is 0. The Hall–Kier alpha value is -3.67. The molecular formula is C62H104O6. The first-order chi connectivity index (χ1) is 33.5. The van der Waals surface area contributed by atoms with E-state index in [1.165, 1.54) is 116 Å². The van der Waals surface area contributed by atoms with Crippen LogP contribution in [-0.2, 0) is 28.6 Å². The van der Waals surface area contributed by atoms with Crippen molar-refractivity contribution in [2.75, 3.05) is 13.2 Å². The molecule has 388 valence electrons. The summed E-state index contributed by atoms with van der Waals surface area (Å²) in [6.07, 6.45) is 74.0. The zero-order chi connectivity index (χ0) is 49.3. The molecule has 0 spiro atoms. The summed E-state index contributed by atoms with van der Waals surface area (Å²) in [5, 5.41) is 0. The number of rotatable bonds is 50. The van der Waals surface area contributed by atoms with E-state index in [1.54, 1.807) is 0 Å². The van der Waals surface area contributed by atoms with Crippen LogP contribution in [0, 0.1) is 0 Å². The van der Waals surface area contributed by atoms with Gasteiger partial charge < -0.3 is 14.2 Å². The van der Waals surface area contributed by atoms with Crippen LogP contribution in [0.1, 0.15) is 258 Å². The van der Waals surface area contributed by atoms with E-state index in [-0.39, 0.29) is 37.5 Å². The summed E-state index contributed by atoms with van der Waals surface area (Å²) in [5.41, 5.74) is 0. The molecule has 6 nitrogen and oxygen atoms in total. The predicted molar refractivity (Wildman–Crippen MR) is 293 cm³/mol. The van der Waals surface area contributed by atoms with Crippen LogP contribution in [0.2, 0.25) is 0 Å². The van der Waals surface area contributed by atoms with Gasteiger partial charge in [0.1, 0.15) is 13.2 Å². The number of ether oxygens (including phenoxy) is 3. The summed E-state index contributed by atoms with van der Waals surface area (Å²) < 4.78 is 16.8. The minimum atomic E-state index is -0.813. The zero-order valence-corrected chi connectivity index (χ0v) is 44.3. The van der Waals surface area contributed by atoms with Gasteiger partial charge in [0.15, 0.2) is 6.10 Å². The van der Waals surface area contributed by atoms with E-state index in [0.29, 0.717) is 19.3 Å².